The van der Waals surface area contributed by atoms with E-state index in [-0.39, 0.29) is 16.6 Å². The number of halogens is 4. The highest BCUT2D eigenvalue weighted by Gasteiger charge is 2.33. The molecule has 0 radical (unpaired) electrons. The number of carbonyl (C=O) groups excluding carboxylic acids is 1. The van der Waals surface area contributed by atoms with Gasteiger partial charge in [-0.2, -0.15) is 13.2 Å². The van der Waals surface area contributed by atoms with Gasteiger partial charge >= 0.3 is 6.18 Å². The molecule has 0 atom stereocenters. The number of hydrogen-bond donors (Lipinski definition) is 1. The summed E-state index contributed by atoms with van der Waals surface area (Å²) in [5, 5.41) is 2.59. The van der Waals surface area contributed by atoms with E-state index in [1.807, 2.05) is 30.3 Å². The first-order valence-electron chi connectivity index (χ1n) is 6.07. The van der Waals surface area contributed by atoms with Crippen molar-refractivity contribution in [3.05, 3.63) is 69.7 Å². The number of nitrogens with one attached hydrogen (secondary N) is 1. The lowest BCUT2D eigenvalue weighted by atomic mass is 10.1. The van der Waals surface area contributed by atoms with Gasteiger partial charge in [-0.05, 0) is 23.8 Å². The van der Waals surface area contributed by atoms with Crippen LogP contribution in [-0.2, 0) is 12.7 Å². The minimum atomic E-state index is -4.51. The van der Waals surface area contributed by atoms with E-state index in [1.54, 1.807) is 0 Å². The lowest BCUT2D eigenvalue weighted by molar-refractivity contribution is -0.138. The van der Waals surface area contributed by atoms with Crippen molar-refractivity contribution in [2.75, 3.05) is 0 Å². The van der Waals surface area contributed by atoms with Crippen LogP contribution in [0.3, 0.4) is 0 Å². The van der Waals surface area contributed by atoms with E-state index in [2.05, 4.69) is 21.2 Å². The molecule has 1 amide bonds. The highest BCUT2D eigenvalue weighted by Crippen LogP contribution is 2.35. The largest absolute Gasteiger partial charge is 0.417 e. The molecule has 2 rings (SSSR count). The monoisotopic (exact) mass is 357 g/mol. The zero-order valence-corrected chi connectivity index (χ0v) is 12.3. The van der Waals surface area contributed by atoms with Crippen molar-refractivity contribution in [2.45, 2.75) is 12.7 Å². The van der Waals surface area contributed by atoms with Gasteiger partial charge in [0.15, 0.2) is 0 Å². The van der Waals surface area contributed by atoms with Crippen molar-refractivity contribution in [1.29, 1.82) is 0 Å². The minimum absolute atomic E-state index is 0.0264. The average molecular weight is 358 g/mol. The van der Waals surface area contributed by atoms with Gasteiger partial charge in [0.25, 0.3) is 5.91 Å². The molecule has 21 heavy (non-hydrogen) atoms. The minimum Gasteiger partial charge on any atom is -0.348 e. The molecule has 110 valence electrons. The van der Waals surface area contributed by atoms with E-state index < -0.39 is 17.6 Å². The van der Waals surface area contributed by atoms with E-state index in [0.717, 1.165) is 11.6 Å². The molecule has 0 fully saturated rings. The van der Waals surface area contributed by atoms with Crippen molar-refractivity contribution in [2.24, 2.45) is 0 Å². The standard InChI is InChI=1S/C15H11BrF3NO/c16-13-7-6-11(8-12(13)15(17,18)19)14(21)20-9-10-4-2-1-3-5-10/h1-8H,9H2,(H,20,21). The Morgan fingerprint density at radius 1 is 1.10 bits per heavy atom. The van der Waals surface area contributed by atoms with Crippen LogP contribution in [0.25, 0.3) is 0 Å². The van der Waals surface area contributed by atoms with Crippen molar-refractivity contribution < 1.29 is 18.0 Å². The van der Waals surface area contributed by atoms with Gasteiger partial charge in [0.1, 0.15) is 0 Å². The van der Waals surface area contributed by atoms with E-state index in [1.165, 1.54) is 12.1 Å². The molecular formula is C15H11BrF3NO. The van der Waals surface area contributed by atoms with Crippen LogP contribution in [0.1, 0.15) is 21.5 Å². The van der Waals surface area contributed by atoms with Crippen LogP contribution >= 0.6 is 15.9 Å². The first kappa shape index (κ1) is 15.6. The summed E-state index contributed by atoms with van der Waals surface area (Å²) in [7, 11) is 0. The third-order valence-corrected chi connectivity index (χ3v) is 3.52. The lowest BCUT2D eigenvalue weighted by Crippen LogP contribution is -2.23. The summed E-state index contributed by atoms with van der Waals surface area (Å²) in [5.74, 6) is -0.545. The molecule has 2 aromatic carbocycles. The van der Waals surface area contributed by atoms with Crippen LogP contribution in [0, 0.1) is 0 Å². The van der Waals surface area contributed by atoms with E-state index in [9.17, 15) is 18.0 Å². The maximum atomic E-state index is 12.8. The normalized spacial score (nSPS) is 11.2. The number of carbonyl (C=O) groups is 1. The topological polar surface area (TPSA) is 29.1 Å². The first-order chi connectivity index (χ1) is 9.88. The van der Waals surface area contributed by atoms with E-state index in [0.29, 0.717) is 0 Å². The molecule has 0 spiro atoms. The quantitative estimate of drug-likeness (QED) is 0.866. The lowest BCUT2D eigenvalue weighted by Gasteiger charge is -2.11. The molecule has 1 N–H and O–H groups in total. The smallest absolute Gasteiger partial charge is 0.348 e. The number of rotatable bonds is 3. The van der Waals surface area contributed by atoms with Crippen LogP contribution in [-0.4, -0.2) is 5.91 Å². The fourth-order valence-electron chi connectivity index (χ4n) is 1.76. The molecule has 6 heteroatoms. The third-order valence-electron chi connectivity index (χ3n) is 2.83. The summed E-state index contributed by atoms with van der Waals surface area (Å²) in [6.45, 7) is 0.261. The summed E-state index contributed by atoms with van der Waals surface area (Å²) in [5.41, 5.74) is -0.0182. The summed E-state index contributed by atoms with van der Waals surface area (Å²) >= 11 is 2.84. The molecule has 0 bridgehead atoms. The second-order valence-electron chi connectivity index (χ2n) is 4.36. The fraction of sp³-hybridized carbons (Fsp3) is 0.133. The molecule has 0 unspecified atom stereocenters. The van der Waals surface area contributed by atoms with Crippen molar-refractivity contribution >= 4 is 21.8 Å². The second-order valence-corrected chi connectivity index (χ2v) is 5.21. The van der Waals surface area contributed by atoms with Crippen molar-refractivity contribution in [3.63, 3.8) is 0 Å². The van der Waals surface area contributed by atoms with Crippen LogP contribution in [0.4, 0.5) is 13.2 Å². The van der Waals surface area contributed by atoms with Crippen molar-refractivity contribution in [1.82, 2.24) is 5.32 Å². The Bertz CT molecular complexity index is 641. The maximum absolute atomic E-state index is 12.8. The van der Waals surface area contributed by atoms with E-state index in [4.69, 9.17) is 0 Å². The predicted octanol–water partition coefficient (Wildman–Crippen LogP) is 4.40. The molecule has 0 aliphatic carbocycles. The number of alkyl halides is 3. The van der Waals surface area contributed by atoms with Crippen LogP contribution in [0.5, 0.6) is 0 Å². The van der Waals surface area contributed by atoms with Crippen LogP contribution < -0.4 is 5.32 Å². The Morgan fingerprint density at radius 3 is 2.38 bits per heavy atom. The van der Waals surface area contributed by atoms with Gasteiger partial charge in [0, 0.05) is 16.6 Å². The number of amides is 1. The van der Waals surface area contributed by atoms with Gasteiger partial charge < -0.3 is 5.32 Å². The molecular weight excluding hydrogens is 347 g/mol. The predicted molar refractivity (Wildman–Crippen MR) is 76.8 cm³/mol. The van der Waals surface area contributed by atoms with Gasteiger partial charge in [0.2, 0.25) is 0 Å². The van der Waals surface area contributed by atoms with Crippen molar-refractivity contribution in [3.8, 4) is 0 Å². The summed E-state index contributed by atoms with van der Waals surface area (Å²) < 4.78 is 38.3. The van der Waals surface area contributed by atoms with Crippen LogP contribution in [0.15, 0.2) is 53.0 Å². The Balaban J connectivity index is 2.13. The Hall–Kier alpha value is -1.82. The zero-order valence-electron chi connectivity index (χ0n) is 10.7. The molecule has 0 saturated heterocycles. The highest BCUT2D eigenvalue weighted by atomic mass is 79.9. The number of hydrogen-bond acceptors (Lipinski definition) is 1. The van der Waals surface area contributed by atoms with Gasteiger partial charge in [0.05, 0.1) is 5.56 Å². The SMILES string of the molecule is O=C(NCc1ccccc1)c1ccc(Br)c(C(F)(F)F)c1. The maximum Gasteiger partial charge on any atom is 0.417 e. The van der Waals surface area contributed by atoms with E-state index >= 15 is 0 Å². The summed E-state index contributed by atoms with van der Waals surface area (Å²) in [4.78, 5) is 11.9. The Labute approximate surface area is 128 Å². The average Bonchev–Trinajstić information content (AvgIpc) is 2.45. The van der Waals surface area contributed by atoms with Gasteiger partial charge in [-0.3, -0.25) is 4.79 Å². The van der Waals surface area contributed by atoms with Crippen LogP contribution in [0.2, 0.25) is 0 Å². The molecule has 0 aromatic heterocycles. The highest BCUT2D eigenvalue weighted by molar-refractivity contribution is 9.10. The Kier molecular flexibility index (Phi) is 4.67. The third kappa shape index (κ3) is 4.07. The summed E-state index contributed by atoms with van der Waals surface area (Å²) in [6, 6.07) is 12.5. The molecule has 0 saturated carbocycles. The molecule has 0 heterocycles. The van der Waals surface area contributed by atoms with Gasteiger partial charge in [-0.1, -0.05) is 46.3 Å². The summed E-state index contributed by atoms with van der Waals surface area (Å²) in [6.07, 6.45) is -4.51. The molecule has 0 aliphatic rings. The molecule has 2 nitrogen and oxygen atoms in total. The van der Waals surface area contributed by atoms with Gasteiger partial charge in [-0.15, -0.1) is 0 Å². The first-order valence-corrected chi connectivity index (χ1v) is 6.86. The second kappa shape index (κ2) is 6.30. The molecule has 0 aliphatic heterocycles. The zero-order chi connectivity index (χ0) is 15.5. The Morgan fingerprint density at radius 2 is 1.76 bits per heavy atom. The fourth-order valence-corrected chi connectivity index (χ4v) is 2.24. The number of benzene rings is 2. The molecule has 2 aromatic rings. The van der Waals surface area contributed by atoms with Gasteiger partial charge in [-0.25, -0.2) is 0 Å².